The molecule has 0 unspecified atom stereocenters. The number of aryl methyl sites for hydroxylation is 2. The van der Waals surface area contributed by atoms with Crippen LogP contribution in [0.5, 0.6) is 0 Å². The molecule has 0 fully saturated rings. The van der Waals surface area contributed by atoms with Crippen LogP contribution in [0.2, 0.25) is 0 Å². The number of nitrogens with zero attached hydrogens (tertiary/aromatic N) is 2. The van der Waals surface area contributed by atoms with Crippen LogP contribution in [0.1, 0.15) is 48.4 Å². The first kappa shape index (κ1) is 30.9. The lowest BCUT2D eigenvalue weighted by Crippen LogP contribution is -2.50. The van der Waals surface area contributed by atoms with Gasteiger partial charge in [0.2, 0.25) is 21.8 Å². The second-order valence-corrected chi connectivity index (χ2v) is 12.2. The van der Waals surface area contributed by atoms with Gasteiger partial charge >= 0.3 is 0 Å². The van der Waals surface area contributed by atoms with Gasteiger partial charge in [0.1, 0.15) is 6.04 Å². The number of hydrogen-bond donors (Lipinski definition) is 1. The molecular formula is C32H41N3O4S. The Kier molecular flexibility index (Phi) is 11.3. The second kappa shape index (κ2) is 14.7. The van der Waals surface area contributed by atoms with Gasteiger partial charge in [-0.3, -0.25) is 13.9 Å². The van der Waals surface area contributed by atoms with E-state index in [-0.39, 0.29) is 31.3 Å². The number of amides is 2. The minimum absolute atomic E-state index is 0.107. The molecule has 0 aliphatic rings. The Morgan fingerprint density at radius 2 is 1.52 bits per heavy atom. The minimum Gasteiger partial charge on any atom is -0.354 e. The Bertz CT molecular complexity index is 1380. The Morgan fingerprint density at radius 1 is 0.875 bits per heavy atom. The number of sulfonamides is 1. The van der Waals surface area contributed by atoms with Crippen molar-refractivity contribution in [1.29, 1.82) is 0 Å². The maximum Gasteiger partial charge on any atom is 0.243 e. The van der Waals surface area contributed by atoms with Crippen LogP contribution in [0, 0.1) is 13.8 Å². The molecule has 0 saturated carbocycles. The van der Waals surface area contributed by atoms with Gasteiger partial charge in [-0.25, -0.2) is 8.42 Å². The maximum atomic E-state index is 13.8. The van der Waals surface area contributed by atoms with Crippen LogP contribution in [0.15, 0.2) is 78.9 Å². The van der Waals surface area contributed by atoms with E-state index < -0.39 is 16.1 Å². The zero-order valence-corrected chi connectivity index (χ0v) is 24.8. The van der Waals surface area contributed by atoms with Gasteiger partial charge in [-0.1, -0.05) is 79.2 Å². The summed E-state index contributed by atoms with van der Waals surface area (Å²) in [5, 5.41) is 2.99. The van der Waals surface area contributed by atoms with Crippen molar-refractivity contribution in [1.82, 2.24) is 10.2 Å². The summed E-state index contributed by atoms with van der Waals surface area (Å²) in [6, 6.07) is 24.2. The number of anilines is 1. The molecule has 1 N–H and O–H groups in total. The summed E-state index contributed by atoms with van der Waals surface area (Å²) in [6.45, 7) is 6.87. The third-order valence-electron chi connectivity index (χ3n) is 6.70. The average Bonchev–Trinajstić information content (AvgIpc) is 2.91. The fraction of sp³-hybridized carbons (Fsp3) is 0.375. The molecule has 0 spiro atoms. The van der Waals surface area contributed by atoms with E-state index >= 15 is 0 Å². The molecule has 0 radical (unpaired) electrons. The zero-order valence-electron chi connectivity index (χ0n) is 24.0. The van der Waals surface area contributed by atoms with Gasteiger partial charge in [0.05, 0.1) is 11.9 Å². The second-order valence-electron chi connectivity index (χ2n) is 10.3. The topological polar surface area (TPSA) is 86.8 Å². The lowest BCUT2D eigenvalue weighted by molar-refractivity contribution is -0.141. The summed E-state index contributed by atoms with van der Waals surface area (Å²) in [4.78, 5) is 28.9. The van der Waals surface area contributed by atoms with E-state index in [4.69, 9.17) is 0 Å². The van der Waals surface area contributed by atoms with Gasteiger partial charge in [0.25, 0.3) is 0 Å². The third kappa shape index (κ3) is 9.23. The summed E-state index contributed by atoms with van der Waals surface area (Å²) in [6.07, 6.45) is 2.77. The number of hydrogen-bond acceptors (Lipinski definition) is 4. The molecule has 0 aliphatic heterocycles. The maximum absolute atomic E-state index is 13.8. The van der Waals surface area contributed by atoms with Gasteiger partial charge in [-0.05, 0) is 55.5 Å². The first-order valence-electron chi connectivity index (χ1n) is 13.8. The summed E-state index contributed by atoms with van der Waals surface area (Å²) in [5.74, 6) is -0.379. The average molecular weight is 564 g/mol. The number of nitrogens with one attached hydrogen (secondary N) is 1. The van der Waals surface area contributed by atoms with Crippen LogP contribution < -0.4 is 9.62 Å². The smallest absolute Gasteiger partial charge is 0.243 e. The molecule has 0 aromatic heterocycles. The fourth-order valence-electron chi connectivity index (χ4n) is 4.71. The standard InChI is InChI=1S/C32H41N3O4S/c1-5-19-33-32(37)30(23-27-14-7-6-8-15-27)34(24-28-16-9-12-25(2)21-28)31(36)18-11-20-35(40(4,38)39)29-17-10-13-26(3)22-29/h6-10,12-17,21-22,30H,5,11,18-20,23-24H2,1-4H3,(H,33,37)/t30-/m0/s1. The fourth-order valence-corrected chi connectivity index (χ4v) is 5.67. The van der Waals surface area contributed by atoms with Gasteiger partial charge in [0.15, 0.2) is 0 Å². The summed E-state index contributed by atoms with van der Waals surface area (Å²) < 4.78 is 26.6. The van der Waals surface area contributed by atoms with E-state index in [0.29, 0.717) is 25.1 Å². The molecule has 0 heterocycles. The molecule has 40 heavy (non-hydrogen) atoms. The van der Waals surface area contributed by atoms with Crippen LogP contribution in [0.4, 0.5) is 5.69 Å². The highest BCUT2D eigenvalue weighted by Crippen LogP contribution is 2.21. The van der Waals surface area contributed by atoms with Crippen LogP contribution in [0.25, 0.3) is 0 Å². The van der Waals surface area contributed by atoms with Gasteiger partial charge in [-0.2, -0.15) is 0 Å². The molecule has 3 rings (SSSR count). The molecule has 3 aromatic rings. The van der Waals surface area contributed by atoms with Crippen molar-refractivity contribution >= 4 is 27.5 Å². The molecule has 214 valence electrons. The van der Waals surface area contributed by atoms with E-state index in [9.17, 15) is 18.0 Å². The first-order valence-corrected chi connectivity index (χ1v) is 15.6. The van der Waals surface area contributed by atoms with E-state index in [1.165, 1.54) is 10.6 Å². The largest absolute Gasteiger partial charge is 0.354 e. The highest BCUT2D eigenvalue weighted by molar-refractivity contribution is 7.92. The van der Waals surface area contributed by atoms with Gasteiger partial charge < -0.3 is 10.2 Å². The predicted octanol–water partition coefficient (Wildman–Crippen LogP) is 5.02. The van der Waals surface area contributed by atoms with Crippen molar-refractivity contribution in [2.75, 3.05) is 23.7 Å². The van der Waals surface area contributed by atoms with E-state index in [1.54, 1.807) is 11.0 Å². The minimum atomic E-state index is -3.54. The quantitative estimate of drug-likeness (QED) is 0.299. The van der Waals surface area contributed by atoms with E-state index in [1.807, 2.05) is 93.6 Å². The Labute approximate surface area is 239 Å². The molecule has 7 nitrogen and oxygen atoms in total. The van der Waals surface area contributed by atoms with Crippen molar-refractivity contribution in [3.63, 3.8) is 0 Å². The Morgan fingerprint density at radius 3 is 2.15 bits per heavy atom. The highest BCUT2D eigenvalue weighted by atomic mass is 32.2. The summed E-state index contributed by atoms with van der Waals surface area (Å²) >= 11 is 0. The number of carbonyl (C=O) groups is 2. The lowest BCUT2D eigenvalue weighted by atomic mass is 10.0. The Balaban J connectivity index is 1.87. The Hall–Kier alpha value is -3.65. The number of benzene rings is 3. The van der Waals surface area contributed by atoms with E-state index in [0.717, 1.165) is 28.7 Å². The molecule has 2 amide bonds. The van der Waals surface area contributed by atoms with Gasteiger partial charge in [0, 0.05) is 32.5 Å². The molecule has 0 bridgehead atoms. The molecule has 3 aromatic carbocycles. The van der Waals surface area contributed by atoms with Crippen molar-refractivity contribution < 1.29 is 18.0 Å². The highest BCUT2D eigenvalue weighted by Gasteiger charge is 2.30. The molecule has 1 atom stereocenters. The molecule has 8 heteroatoms. The van der Waals surface area contributed by atoms with E-state index in [2.05, 4.69) is 5.32 Å². The normalized spacial score (nSPS) is 12.0. The van der Waals surface area contributed by atoms with Crippen LogP contribution in [0.3, 0.4) is 0 Å². The number of carbonyl (C=O) groups excluding carboxylic acids is 2. The summed E-state index contributed by atoms with van der Waals surface area (Å²) in [7, 11) is -3.54. The predicted molar refractivity (Wildman–Crippen MR) is 162 cm³/mol. The summed E-state index contributed by atoms with van der Waals surface area (Å²) in [5.41, 5.74) is 4.50. The monoisotopic (exact) mass is 563 g/mol. The molecular weight excluding hydrogens is 522 g/mol. The molecule has 0 saturated heterocycles. The van der Waals surface area contributed by atoms with Crippen molar-refractivity contribution in [2.24, 2.45) is 0 Å². The molecule has 0 aliphatic carbocycles. The first-order chi connectivity index (χ1) is 19.1. The lowest BCUT2D eigenvalue weighted by Gasteiger charge is -2.32. The number of rotatable bonds is 14. The zero-order chi connectivity index (χ0) is 29.1. The van der Waals surface area contributed by atoms with Gasteiger partial charge in [-0.15, -0.1) is 0 Å². The van der Waals surface area contributed by atoms with Crippen LogP contribution in [-0.2, 0) is 32.6 Å². The van der Waals surface area contributed by atoms with Crippen LogP contribution >= 0.6 is 0 Å². The third-order valence-corrected chi connectivity index (χ3v) is 7.89. The SMILES string of the molecule is CCCNC(=O)[C@H](Cc1ccccc1)N(Cc1cccc(C)c1)C(=O)CCCN(c1cccc(C)c1)S(C)(=O)=O. The van der Waals surface area contributed by atoms with Crippen LogP contribution in [-0.4, -0.2) is 50.5 Å². The van der Waals surface area contributed by atoms with Crippen molar-refractivity contribution in [3.05, 3.63) is 101 Å². The van der Waals surface area contributed by atoms with Crippen molar-refractivity contribution in [2.45, 2.75) is 59.0 Å². The van der Waals surface area contributed by atoms with Crippen molar-refractivity contribution in [3.8, 4) is 0 Å².